The van der Waals surface area contributed by atoms with Gasteiger partial charge in [-0.3, -0.25) is 4.90 Å². The predicted octanol–water partition coefficient (Wildman–Crippen LogP) is 2.03. The number of hydrogen-bond acceptors (Lipinski definition) is 6. The molecule has 0 radical (unpaired) electrons. The second-order valence-corrected chi connectivity index (χ2v) is 5.16. The molecule has 2 heterocycles. The van der Waals surface area contributed by atoms with Gasteiger partial charge in [0.15, 0.2) is 0 Å². The molecular formula is C11H16N4OS. The summed E-state index contributed by atoms with van der Waals surface area (Å²) in [5, 5.41) is 8.91. The molecule has 0 saturated carbocycles. The van der Waals surface area contributed by atoms with Crippen LogP contribution in [-0.2, 0) is 19.5 Å². The molecule has 2 aromatic rings. The lowest BCUT2D eigenvalue weighted by Crippen LogP contribution is -2.17. The van der Waals surface area contributed by atoms with Gasteiger partial charge in [0, 0.05) is 18.0 Å². The predicted molar refractivity (Wildman–Crippen MR) is 65.7 cm³/mol. The number of aromatic nitrogens is 3. The van der Waals surface area contributed by atoms with Gasteiger partial charge in [0.1, 0.15) is 5.01 Å². The number of nitrogens with zero attached hydrogens (tertiary/aromatic N) is 4. The van der Waals surface area contributed by atoms with Crippen molar-refractivity contribution < 1.29 is 4.42 Å². The second-order valence-electron chi connectivity index (χ2n) is 3.96. The molecule has 0 atom stereocenters. The Labute approximate surface area is 105 Å². The highest BCUT2D eigenvalue weighted by atomic mass is 32.1. The van der Waals surface area contributed by atoms with E-state index in [-0.39, 0.29) is 0 Å². The van der Waals surface area contributed by atoms with Crippen LogP contribution >= 0.6 is 11.3 Å². The molecule has 0 amide bonds. The van der Waals surface area contributed by atoms with Crippen molar-refractivity contribution in [3.05, 3.63) is 27.9 Å². The highest BCUT2D eigenvalue weighted by molar-refractivity contribution is 7.11. The SMILES string of the molecule is CCc1cnc(CN(C)Cc2nnc(C)o2)s1. The van der Waals surface area contributed by atoms with E-state index in [1.54, 1.807) is 18.3 Å². The first-order valence-electron chi connectivity index (χ1n) is 5.58. The number of hydrogen-bond donors (Lipinski definition) is 0. The molecule has 17 heavy (non-hydrogen) atoms. The molecule has 0 aliphatic carbocycles. The number of rotatable bonds is 5. The minimum atomic E-state index is 0.607. The average Bonchev–Trinajstić information content (AvgIpc) is 2.88. The molecule has 5 nitrogen and oxygen atoms in total. The molecule has 0 bridgehead atoms. The Morgan fingerprint density at radius 1 is 1.35 bits per heavy atom. The van der Waals surface area contributed by atoms with Crippen molar-refractivity contribution in [2.45, 2.75) is 33.4 Å². The molecule has 2 aromatic heterocycles. The van der Waals surface area contributed by atoms with Gasteiger partial charge in [-0.15, -0.1) is 21.5 Å². The van der Waals surface area contributed by atoms with Crippen LogP contribution in [0.4, 0.5) is 0 Å². The Hall–Kier alpha value is -1.27. The van der Waals surface area contributed by atoms with Crippen molar-refractivity contribution in [2.75, 3.05) is 7.05 Å². The number of thiazole rings is 1. The molecule has 0 aliphatic rings. The Bertz CT molecular complexity index is 479. The maximum atomic E-state index is 5.34. The summed E-state index contributed by atoms with van der Waals surface area (Å²) in [4.78, 5) is 7.82. The molecule has 0 N–H and O–H groups in total. The van der Waals surface area contributed by atoms with Gasteiger partial charge in [0.2, 0.25) is 11.8 Å². The molecule has 6 heteroatoms. The fraction of sp³-hybridized carbons (Fsp3) is 0.545. The van der Waals surface area contributed by atoms with Crippen LogP contribution in [0.2, 0.25) is 0 Å². The van der Waals surface area contributed by atoms with Crippen LogP contribution in [0.15, 0.2) is 10.6 Å². The molecular weight excluding hydrogens is 236 g/mol. The standard InChI is InChI=1S/C11H16N4OS/c1-4-9-5-12-11(17-9)7-15(3)6-10-14-13-8(2)16-10/h5H,4,6-7H2,1-3H3. The van der Waals surface area contributed by atoms with Crippen molar-refractivity contribution >= 4 is 11.3 Å². The third kappa shape index (κ3) is 3.34. The molecule has 0 aliphatic heterocycles. The second kappa shape index (κ2) is 5.37. The third-order valence-electron chi connectivity index (χ3n) is 2.33. The van der Waals surface area contributed by atoms with Crippen LogP contribution in [0.3, 0.4) is 0 Å². The zero-order chi connectivity index (χ0) is 12.3. The maximum Gasteiger partial charge on any atom is 0.230 e. The van der Waals surface area contributed by atoms with E-state index in [2.05, 4.69) is 27.0 Å². The van der Waals surface area contributed by atoms with Crippen LogP contribution in [0.5, 0.6) is 0 Å². The Morgan fingerprint density at radius 2 is 2.18 bits per heavy atom. The van der Waals surface area contributed by atoms with Crippen molar-refractivity contribution in [3.63, 3.8) is 0 Å². The molecule has 0 saturated heterocycles. The minimum absolute atomic E-state index is 0.607. The smallest absolute Gasteiger partial charge is 0.230 e. The lowest BCUT2D eigenvalue weighted by Gasteiger charge is -2.11. The van der Waals surface area contributed by atoms with Crippen LogP contribution < -0.4 is 0 Å². The zero-order valence-electron chi connectivity index (χ0n) is 10.3. The molecule has 0 aromatic carbocycles. The quantitative estimate of drug-likeness (QED) is 0.815. The van der Waals surface area contributed by atoms with Crippen LogP contribution in [-0.4, -0.2) is 27.1 Å². The monoisotopic (exact) mass is 252 g/mol. The summed E-state index contributed by atoms with van der Waals surface area (Å²) in [5.74, 6) is 1.26. The summed E-state index contributed by atoms with van der Waals surface area (Å²) in [5.41, 5.74) is 0. The summed E-state index contributed by atoms with van der Waals surface area (Å²) < 4.78 is 5.34. The van der Waals surface area contributed by atoms with E-state index in [1.807, 2.05) is 13.2 Å². The topological polar surface area (TPSA) is 55.1 Å². The summed E-state index contributed by atoms with van der Waals surface area (Å²) in [6.07, 6.45) is 2.99. The van der Waals surface area contributed by atoms with E-state index in [4.69, 9.17) is 4.42 Å². The van der Waals surface area contributed by atoms with Crippen molar-refractivity contribution in [3.8, 4) is 0 Å². The van der Waals surface area contributed by atoms with E-state index in [0.29, 0.717) is 18.3 Å². The first-order chi connectivity index (χ1) is 8.17. The van der Waals surface area contributed by atoms with Gasteiger partial charge in [-0.2, -0.15) is 0 Å². The summed E-state index contributed by atoms with van der Waals surface area (Å²) in [6, 6.07) is 0. The van der Waals surface area contributed by atoms with Crippen molar-refractivity contribution in [2.24, 2.45) is 0 Å². The van der Waals surface area contributed by atoms with Crippen molar-refractivity contribution in [1.82, 2.24) is 20.1 Å². The van der Waals surface area contributed by atoms with Gasteiger partial charge in [0.05, 0.1) is 13.1 Å². The highest BCUT2D eigenvalue weighted by Gasteiger charge is 2.09. The first-order valence-corrected chi connectivity index (χ1v) is 6.40. The zero-order valence-corrected chi connectivity index (χ0v) is 11.1. The highest BCUT2D eigenvalue weighted by Crippen LogP contribution is 2.15. The molecule has 92 valence electrons. The molecule has 0 spiro atoms. The van der Waals surface area contributed by atoms with E-state index in [9.17, 15) is 0 Å². The lowest BCUT2D eigenvalue weighted by molar-refractivity contribution is 0.278. The van der Waals surface area contributed by atoms with Gasteiger partial charge >= 0.3 is 0 Å². The van der Waals surface area contributed by atoms with Gasteiger partial charge in [0.25, 0.3) is 0 Å². The van der Waals surface area contributed by atoms with Gasteiger partial charge in [-0.1, -0.05) is 6.92 Å². The fourth-order valence-electron chi connectivity index (χ4n) is 1.50. The van der Waals surface area contributed by atoms with Crippen LogP contribution in [0, 0.1) is 6.92 Å². The van der Waals surface area contributed by atoms with Gasteiger partial charge in [-0.05, 0) is 13.5 Å². The Morgan fingerprint density at radius 3 is 2.76 bits per heavy atom. The van der Waals surface area contributed by atoms with Crippen molar-refractivity contribution in [1.29, 1.82) is 0 Å². The van der Waals surface area contributed by atoms with Crippen LogP contribution in [0.1, 0.15) is 28.6 Å². The average molecular weight is 252 g/mol. The molecule has 0 fully saturated rings. The molecule has 2 rings (SSSR count). The third-order valence-corrected chi connectivity index (χ3v) is 3.45. The first kappa shape index (κ1) is 12.2. The Kier molecular flexibility index (Phi) is 3.86. The lowest BCUT2D eigenvalue weighted by atomic mass is 10.4. The van der Waals surface area contributed by atoms with E-state index < -0.39 is 0 Å². The fourth-order valence-corrected chi connectivity index (χ4v) is 2.45. The summed E-state index contributed by atoms with van der Waals surface area (Å²) in [7, 11) is 2.02. The Balaban J connectivity index is 1.90. The number of aryl methyl sites for hydroxylation is 2. The largest absolute Gasteiger partial charge is 0.424 e. The van der Waals surface area contributed by atoms with Gasteiger partial charge in [-0.25, -0.2) is 4.98 Å². The maximum absolute atomic E-state index is 5.34. The normalized spacial score (nSPS) is 11.3. The summed E-state index contributed by atoms with van der Waals surface area (Å²) in [6.45, 7) is 5.40. The van der Waals surface area contributed by atoms with E-state index in [1.165, 1.54) is 4.88 Å². The van der Waals surface area contributed by atoms with Crippen LogP contribution in [0.25, 0.3) is 0 Å². The van der Waals surface area contributed by atoms with Gasteiger partial charge < -0.3 is 4.42 Å². The minimum Gasteiger partial charge on any atom is -0.424 e. The summed E-state index contributed by atoms with van der Waals surface area (Å²) >= 11 is 1.76. The van der Waals surface area contributed by atoms with E-state index >= 15 is 0 Å². The molecule has 0 unspecified atom stereocenters. The van der Waals surface area contributed by atoms with E-state index in [0.717, 1.165) is 18.0 Å².